The Bertz CT molecular complexity index is 1610. The summed E-state index contributed by atoms with van der Waals surface area (Å²) in [5.74, 6) is -1.01. The number of benzene rings is 3. The second kappa shape index (κ2) is 19.7. The summed E-state index contributed by atoms with van der Waals surface area (Å²) in [4.78, 5) is 46.7. The zero-order valence-corrected chi connectivity index (χ0v) is 31.5. The zero-order valence-electron chi connectivity index (χ0n) is 31.5. The fraction of sp³-hybridized carbons (Fsp3) is 0.512. The Morgan fingerprint density at radius 1 is 0.827 bits per heavy atom. The fourth-order valence-corrected chi connectivity index (χ4v) is 7.77. The van der Waals surface area contributed by atoms with Gasteiger partial charge in [0.05, 0.1) is 5.56 Å². The maximum absolute atomic E-state index is 15.1. The number of nitrogens with one attached hydrogen (secondary N) is 2. The van der Waals surface area contributed by atoms with Gasteiger partial charge in [0.25, 0.3) is 11.8 Å². The Morgan fingerprint density at radius 2 is 1.54 bits per heavy atom. The van der Waals surface area contributed by atoms with E-state index in [0.29, 0.717) is 43.1 Å². The van der Waals surface area contributed by atoms with Gasteiger partial charge in [-0.3, -0.25) is 19.3 Å². The lowest BCUT2D eigenvalue weighted by atomic mass is 9.84. The van der Waals surface area contributed by atoms with E-state index < -0.39 is 11.9 Å². The van der Waals surface area contributed by atoms with Crippen LogP contribution in [0, 0.1) is 11.7 Å². The highest BCUT2D eigenvalue weighted by atomic mass is 19.1. The molecule has 2 fully saturated rings. The van der Waals surface area contributed by atoms with E-state index in [2.05, 4.69) is 50.8 Å². The van der Waals surface area contributed by atoms with Gasteiger partial charge in [0.1, 0.15) is 11.9 Å². The topological polar surface area (TPSA) is 85.0 Å². The van der Waals surface area contributed by atoms with Crippen LogP contribution in [-0.4, -0.2) is 91.3 Å². The number of amides is 3. The van der Waals surface area contributed by atoms with Crippen LogP contribution in [0.4, 0.5) is 4.39 Å². The van der Waals surface area contributed by atoms with E-state index in [4.69, 9.17) is 0 Å². The van der Waals surface area contributed by atoms with E-state index in [1.165, 1.54) is 30.9 Å². The molecule has 8 nitrogen and oxygen atoms in total. The summed E-state index contributed by atoms with van der Waals surface area (Å²) >= 11 is 0. The summed E-state index contributed by atoms with van der Waals surface area (Å²) in [6.07, 6.45) is 9.75. The molecule has 5 rings (SSSR count). The van der Waals surface area contributed by atoms with Gasteiger partial charge in [-0.15, -0.1) is 0 Å². The number of hydrogen-bond donors (Lipinski definition) is 2. The van der Waals surface area contributed by atoms with E-state index in [1.807, 2.05) is 26.0 Å². The molecule has 0 spiro atoms. The molecule has 52 heavy (non-hydrogen) atoms. The van der Waals surface area contributed by atoms with Crippen LogP contribution in [0.25, 0.3) is 11.1 Å². The lowest BCUT2D eigenvalue weighted by Crippen LogP contribution is -2.47. The van der Waals surface area contributed by atoms with Gasteiger partial charge in [-0.1, -0.05) is 68.5 Å². The zero-order chi connectivity index (χ0) is 36.9. The number of piperazine rings is 1. The molecule has 1 saturated heterocycles. The molecule has 280 valence electrons. The van der Waals surface area contributed by atoms with Crippen molar-refractivity contribution in [3.8, 4) is 11.1 Å². The standard InChI is InChI=1S/C43H58FN5O3/c1-4-49(5-2)43(52)38-30-35(19-20-39(38)44)36-26-34(31-48-24-22-47(23-25-48)21-13-12-16-32-14-8-6-9-15-32)27-37(29-36)41(50)46-40(42(51)45-3)28-33-17-10-7-11-18-33/h6,8-9,14-15,19-20,26-27,29-30,33,40H,4-5,7,10-13,16-18,21-25,28,31H2,1-3H3,(H,45,51)(H,46,50)/t40-/m1/s1. The lowest BCUT2D eigenvalue weighted by molar-refractivity contribution is -0.123. The normalized spacial score (nSPS) is 16.3. The van der Waals surface area contributed by atoms with Gasteiger partial charge in [-0.25, -0.2) is 4.39 Å². The van der Waals surface area contributed by atoms with Crippen LogP contribution in [0.3, 0.4) is 0 Å². The summed E-state index contributed by atoms with van der Waals surface area (Å²) in [6, 6.07) is 20.4. The van der Waals surface area contributed by atoms with Crippen molar-refractivity contribution < 1.29 is 18.8 Å². The molecular formula is C43H58FN5O3. The van der Waals surface area contributed by atoms with Crippen LogP contribution in [0.15, 0.2) is 66.7 Å². The van der Waals surface area contributed by atoms with E-state index in [9.17, 15) is 14.4 Å². The predicted octanol–water partition coefficient (Wildman–Crippen LogP) is 6.93. The molecular weight excluding hydrogens is 654 g/mol. The van der Waals surface area contributed by atoms with Crippen molar-refractivity contribution in [2.24, 2.45) is 5.92 Å². The van der Waals surface area contributed by atoms with Crippen LogP contribution in [0.2, 0.25) is 0 Å². The van der Waals surface area contributed by atoms with Gasteiger partial charge in [-0.05, 0) is 105 Å². The number of carbonyl (C=O) groups excluding carboxylic acids is 3. The van der Waals surface area contributed by atoms with E-state index in [0.717, 1.165) is 76.0 Å². The third-order valence-corrected chi connectivity index (χ3v) is 10.9. The molecule has 1 atom stereocenters. The summed E-state index contributed by atoms with van der Waals surface area (Å²) in [5.41, 5.74) is 4.22. The first-order chi connectivity index (χ1) is 25.3. The Balaban J connectivity index is 1.33. The van der Waals surface area contributed by atoms with Gasteiger partial charge in [0.2, 0.25) is 5.91 Å². The molecule has 9 heteroatoms. The Hall–Kier alpha value is -4.08. The van der Waals surface area contributed by atoms with Crippen molar-refractivity contribution in [1.82, 2.24) is 25.3 Å². The van der Waals surface area contributed by atoms with E-state index in [1.54, 1.807) is 30.1 Å². The number of unbranched alkanes of at least 4 members (excludes halogenated alkanes) is 1. The highest BCUT2D eigenvalue weighted by molar-refractivity contribution is 5.99. The van der Waals surface area contributed by atoms with Crippen molar-refractivity contribution >= 4 is 17.7 Å². The second-order valence-corrected chi connectivity index (χ2v) is 14.5. The van der Waals surface area contributed by atoms with Gasteiger partial charge >= 0.3 is 0 Å². The van der Waals surface area contributed by atoms with Gasteiger partial charge in [0, 0.05) is 58.4 Å². The molecule has 1 saturated carbocycles. The first-order valence-electron chi connectivity index (χ1n) is 19.5. The smallest absolute Gasteiger partial charge is 0.256 e. The molecule has 0 bridgehead atoms. The number of hydrogen-bond acceptors (Lipinski definition) is 5. The maximum Gasteiger partial charge on any atom is 0.256 e. The molecule has 3 aromatic carbocycles. The highest BCUT2D eigenvalue weighted by Crippen LogP contribution is 2.29. The molecule has 0 aromatic heterocycles. The third kappa shape index (κ3) is 11.0. The Labute approximate surface area is 310 Å². The molecule has 1 aliphatic carbocycles. The van der Waals surface area contributed by atoms with E-state index >= 15 is 4.39 Å². The molecule has 3 amide bonds. The highest BCUT2D eigenvalue weighted by Gasteiger charge is 2.27. The number of rotatable bonds is 16. The third-order valence-electron chi connectivity index (χ3n) is 10.9. The Kier molecular flexibility index (Phi) is 14.8. The summed E-state index contributed by atoms with van der Waals surface area (Å²) in [7, 11) is 1.61. The second-order valence-electron chi connectivity index (χ2n) is 14.5. The molecule has 1 aliphatic heterocycles. The van der Waals surface area contributed by atoms with Gasteiger partial charge in [0.15, 0.2) is 0 Å². The van der Waals surface area contributed by atoms with Crippen molar-refractivity contribution in [3.63, 3.8) is 0 Å². The molecule has 3 aromatic rings. The fourth-order valence-electron chi connectivity index (χ4n) is 7.77. The number of likely N-dealkylation sites (N-methyl/N-ethyl adjacent to an activating group) is 1. The first kappa shape index (κ1) is 39.1. The minimum absolute atomic E-state index is 0.0182. The number of nitrogens with zero attached hydrogens (tertiary/aromatic N) is 3. The minimum atomic E-state index is -0.627. The summed E-state index contributed by atoms with van der Waals surface area (Å²) < 4.78 is 15.1. The SMILES string of the molecule is CCN(CC)C(=O)c1cc(-c2cc(CN3CCN(CCCCc4ccccc4)CC3)cc(C(=O)N[C@H](CC3CCCCC3)C(=O)NC)c2)ccc1F. The molecule has 2 aliphatic rings. The summed E-state index contributed by atoms with van der Waals surface area (Å²) in [5, 5.41) is 5.80. The van der Waals surface area contributed by atoms with Gasteiger partial charge in [-0.2, -0.15) is 0 Å². The minimum Gasteiger partial charge on any atom is -0.357 e. The molecule has 0 unspecified atom stereocenters. The van der Waals surface area contributed by atoms with Crippen LogP contribution in [-0.2, 0) is 17.8 Å². The van der Waals surface area contributed by atoms with Crippen LogP contribution < -0.4 is 10.6 Å². The first-order valence-corrected chi connectivity index (χ1v) is 19.5. The van der Waals surface area contributed by atoms with Crippen molar-refractivity contribution in [3.05, 3.63) is 94.8 Å². The van der Waals surface area contributed by atoms with Crippen LogP contribution >= 0.6 is 0 Å². The predicted molar refractivity (Wildman–Crippen MR) is 207 cm³/mol. The molecule has 0 radical (unpaired) electrons. The van der Waals surface area contributed by atoms with Crippen LogP contribution in [0.1, 0.15) is 97.1 Å². The number of carbonyl (C=O) groups is 3. The monoisotopic (exact) mass is 711 g/mol. The number of aryl methyl sites for hydroxylation is 1. The van der Waals surface area contributed by atoms with Crippen molar-refractivity contribution in [2.75, 3.05) is 52.9 Å². The average molecular weight is 712 g/mol. The van der Waals surface area contributed by atoms with Gasteiger partial charge < -0.3 is 20.4 Å². The molecule has 1 heterocycles. The van der Waals surface area contributed by atoms with Crippen molar-refractivity contribution in [2.45, 2.75) is 84.2 Å². The molecule has 2 N–H and O–H groups in total. The van der Waals surface area contributed by atoms with Crippen LogP contribution in [0.5, 0.6) is 0 Å². The number of halogens is 1. The van der Waals surface area contributed by atoms with Crippen molar-refractivity contribution in [1.29, 1.82) is 0 Å². The Morgan fingerprint density at radius 3 is 2.23 bits per heavy atom. The summed E-state index contributed by atoms with van der Waals surface area (Å²) in [6.45, 7) is 10.3. The van der Waals surface area contributed by atoms with E-state index in [-0.39, 0.29) is 23.3 Å². The largest absolute Gasteiger partial charge is 0.357 e. The quantitative estimate of drug-likeness (QED) is 0.158. The maximum atomic E-state index is 15.1. The average Bonchev–Trinajstić information content (AvgIpc) is 3.17. The lowest BCUT2D eigenvalue weighted by Gasteiger charge is -2.35.